The molecule has 4 rings (SSSR count). The number of hydrogen-bond donors (Lipinski definition) is 1. The summed E-state index contributed by atoms with van der Waals surface area (Å²) in [5, 5.41) is 2.99. The third kappa shape index (κ3) is 4.97. The first-order valence-electron chi connectivity index (χ1n) is 10.7. The Morgan fingerprint density at radius 2 is 1.45 bits per heavy atom. The number of carbonyl (C=O) groups excluding carboxylic acids is 2. The van der Waals surface area contributed by atoms with Crippen molar-refractivity contribution in [2.45, 2.75) is 44.9 Å². The fraction of sp³-hybridized carbons (Fsp3) is 0.417. The number of amides is 2. The summed E-state index contributed by atoms with van der Waals surface area (Å²) >= 11 is 0. The minimum absolute atomic E-state index is 0.0301. The fourth-order valence-corrected chi connectivity index (χ4v) is 4.19. The second-order valence-corrected chi connectivity index (χ2v) is 7.99. The largest absolute Gasteiger partial charge is 0.372 e. The van der Waals surface area contributed by atoms with Crippen molar-refractivity contribution in [2.75, 3.05) is 34.8 Å². The van der Waals surface area contributed by atoms with Crippen molar-refractivity contribution in [1.29, 1.82) is 0 Å². The van der Waals surface area contributed by atoms with Gasteiger partial charge < -0.3 is 15.1 Å². The van der Waals surface area contributed by atoms with Crippen LogP contribution in [0, 0.1) is 0 Å². The summed E-state index contributed by atoms with van der Waals surface area (Å²) in [5.41, 5.74) is 3.92. The van der Waals surface area contributed by atoms with E-state index in [1.807, 2.05) is 41.3 Å². The Balaban J connectivity index is 1.31. The summed E-state index contributed by atoms with van der Waals surface area (Å²) in [4.78, 5) is 28.5. The van der Waals surface area contributed by atoms with E-state index in [1.165, 1.54) is 31.4 Å². The van der Waals surface area contributed by atoms with E-state index in [-0.39, 0.29) is 11.8 Å². The van der Waals surface area contributed by atoms with Crippen LogP contribution in [0.4, 0.5) is 17.1 Å². The maximum absolute atomic E-state index is 12.4. The summed E-state index contributed by atoms with van der Waals surface area (Å²) in [7, 11) is 0. The first-order chi connectivity index (χ1) is 14.2. The maximum atomic E-state index is 12.4. The van der Waals surface area contributed by atoms with E-state index >= 15 is 0 Å². The molecule has 0 radical (unpaired) electrons. The van der Waals surface area contributed by atoms with Gasteiger partial charge in [0.1, 0.15) is 0 Å². The van der Waals surface area contributed by atoms with E-state index in [2.05, 4.69) is 22.3 Å². The highest BCUT2D eigenvalue weighted by atomic mass is 16.2. The zero-order valence-corrected chi connectivity index (χ0v) is 16.9. The van der Waals surface area contributed by atoms with Gasteiger partial charge in [-0.2, -0.15) is 0 Å². The minimum atomic E-state index is -0.0301. The van der Waals surface area contributed by atoms with E-state index in [1.54, 1.807) is 0 Å². The fourth-order valence-electron chi connectivity index (χ4n) is 4.19. The van der Waals surface area contributed by atoms with Gasteiger partial charge in [-0.05, 0) is 61.2 Å². The maximum Gasteiger partial charge on any atom is 0.228 e. The van der Waals surface area contributed by atoms with Crippen LogP contribution in [0.5, 0.6) is 0 Å². The van der Waals surface area contributed by atoms with Crippen LogP contribution in [-0.4, -0.2) is 31.4 Å². The molecule has 2 heterocycles. The van der Waals surface area contributed by atoms with Gasteiger partial charge in [0.25, 0.3) is 0 Å². The second kappa shape index (κ2) is 9.12. The third-order valence-electron chi connectivity index (χ3n) is 5.81. The van der Waals surface area contributed by atoms with E-state index < -0.39 is 0 Å². The molecular formula is C24H29N3O2. The van der Waals surface area contributed by atoms with Gasteiger partial charge in [0.2, 0.25) is 11.8 Å². The summed E-state index contributed by atoms with van der Waals surface area (Å²) in [6.07, 6.45) is 7.01. The Morgan fingerprint density at radius 1 is 0.793 bits per heavy atom. The van der Waals surface area contributed by atoms with Crippen molar-refractivity contribution < 1.29 is 9.59 Å². The molecule has 0 unspecified atom stereocenters. The highest BCUT2D eigenvalue weighted by Crippen LogP contribution is 2.23. The van der Waals surface area contributed by atoms with Crippen LogP contribution < -0.4 is 15.1 Å². The first kappa shape index (κ1) is 19.5. The number of anilines is 3. The van der Waals surface area contributed by atoms with Crippen LogP contribution in [0.2, 0.25) is 0 Å². The highest BCUT2D eigenvalue weighted by Gasteiger charge is 2.21. The minimum Gasteiger partial charge on any atom is -0.372 e. The zero-order chi connectivity index (χ0) is 20.1. The topological polar surface area (TPSA) is 52.7 Å². The van der Waals surface area contributed by atoms with Crippen molar-refractivity contribution in [3.05, 3.63) is 54.1 Å². The molecule has 2 saturated heterocycles. The Morgan fingerprint density at radius 3 is 2.07 bits per heavy atom. The predicted octanol–water partition coefficient (Wildman–Crippen LogP) is 4.38. The van der Waals surface area contributed by atoms with Crippen molar-refractivity contribution in [1.82, 2.24) is 0 Å². The molecule has 0 aliphatic carbocycles. The van der Waals surface area contributed by atoms with Crippen LogP contribution in [0.25, 0.3) is 0 Å². The van der Waals surface area contributed by atoms with Crippen LogP contribution in [0.3, 0.4) is 0 Å². The molecular weight excluding hydrogens is 362 g/mol. The van der Waals surface area contributed by atoms with E-state index in [9.17, 15) is 9.59 Å². The van der Waals surface area contributed by atoms with E-state index in [0.29, 0.717) is 12.8 Å². The van der Waals surface area contributed by atoms with Crippen molar-refractivity contribution in [2.24, 2.45) is 0 Å². The molecule has 2 aliphatic heterocycles. The summed E-state index contributed by atoms with van der Waals surface area (Å²) < 4.78 is 0. The molecule has 2 aromatic rings. The molecule has 2 amide bonds. The number of nitrogens with zero attached hydrogens (tertiary/aromatic N) is 2. The van der Waals surface area contributed by atoms with E-state index in [4.69, 9.17) is 0 Å². The van der Waals surface area contributed by atoms with E-state index in [0.717, 1.165) is 43.0 Å². The monoisotopic (exact) mass is 391 g/mol. The number of benzene rings is 2. The molecule has 0 atom stereocenters. The second-order valence-electron chi connectivity index (χ2n) is 7.99. The molecule has 5 heteroatoms. The Labute approximate surface area is 172 Å². The third-order valence-corrected chi connectivity index (χ3v) is 5.81. The molecule has 0 aromatic heterocycles. The lowest BCUT2D eigenvalue weighted by atomic mass is 10.1. The number of hydrogen-bond acceptors (Lipinski definition) is 3. The molecule has 5 nitrogen and oxygen atoms in total. The van der Waals surface area contributed by atoms with Gasteiger partial charge in [-0.1, -0.05) is 25.0 Å². The summed E-state index contributed by atoms with van der Waals surface area (Å²) in [5.74, 6) is 0.150. The first-order valence-corrected chi connectivity index (χ1v) is 10.7. The molecule has 1 N–H and O–H groups in total. The lowest BCUT2D eigenvalue weighted by Crippen LogP contribution is -2.23. The Kier molecular flexibility index (Phi) is 6.13. The molecule has 2 aromatic carbocycles. The molecule has 2 fully saturated rings. The Hall–Kier alpha value is -2.82. The van der Waals surface area contributed by atoms with Gasteiger partial charge in [-0.15, -0.1) is 0 Å². The number of carbonyl (C=O) groups is 2. The van der Waals surface area contributed by atoms with Gasteiger partial charge in [-0.25, -0.2) is 0 Å². The normalized spacial score (nSPS) is 17.3. The molecule has 0 bridgehead atoms. The lowest BCUT2D eigenvalue weighted by molar-refractivity contribution is -0.117. The Bertz CT molecular complexity index is 837. The van der Waals surface area contributed by atoms with Crippen LogP contribution in [0.1, 0.15) is 44.1 Å². The zero-order valence-electron chi connectivity index (χ0n) is 16.9. The molecule has 2 aliphatic rings. The lowest BCUT2D eigenvalue weighted by Gasteiger charge is -2.22. The highest BCUT2D eigenvalue weighted by molar-refractivity contribution is 5.95. The van der Waals surface area contributed by atoms with Crippen molar-refractivity contribution in [3.63, 3.8) is 0 Å². The molecule has 29 heavy (non-hydrogen) atoms. The quantitative estimate of drug-likeness (QED) is 0.823. The van der Waals surface area contributed by atoms with Crippen molar-refractivity contribution in [3.8, 4) is 0 Å². The summed E-state index contributed by atoms with van der Waals surface area (Å²) in [6, 6.07) is 15.9. The average molecular weight is 392 g/mol. The van der Waals surface area contributed by atoms with Gasteiger partial charge in [-0.3, -0.25) is 9.59 Å². The van der Waals surface area contributed by atoms with Crippen molar-refractivity contribution >= 4 is 28.9 Å². The van der Waals surface area contributed by atoms with Crippen LogP contribution in [-0.2, 0) is 16.0 Å². The molecule has 0 saturated carbocycles. The smallest absolute Gasteiger partial charge is 0.228 e. The van der Waals surface area contributed by atoms with Crippen LogP contribution in [0.15, 0.2) is 48.5 Å². The van der Waals surface area contributed by atoms with Gasteiger partial charge in [0.05, 0.1) is 6.42 Å². The van der Waals surface area contributed by atoms with Gasteiger partial charge in [0.15, 0.2) is 0 Å². The standard InChI is InChI=1S/C24H29N3O2/c28-23(18-19-7-11-22(12-8-19)27-17-5-6-24(27)29)25-20-9-13-21(14-10-20)26-15-3-1-2-4-16-26/h7-14H,1-6,15-18H2,(H,25,28). The molecule has 152 valence electrons. The van der Waals surface area contributed by atoms with Gasteiger partial charge in [0, 0.05) is 43.1 Å². The average Bonchev–Trinajstić information content (AvgIpc) is 2.99. The summed E-state index contributed by atoms with van der Waals surface area (Å²) in [6.45, 7) is 3.02. The number of nitrogens with one attached hydrogen (secondary N) is 1. The SMILES string of the molecule is O=C(Cc1ccc(N2CCCC2=O)cc1)Nc1ccc(N2CCCCCC2)cc1. The predicted molar refractivity (Wildman–Crippen MR) is 117 cm³/mol. The molecule has 0 spiro atoms. The number of rotatable bonds is 5. The van der Waals surface area contributed by atoms with Crippen LogP contribution >= 0.6 is 0 Å². The van der Waals surface area contributed by atoms with Gasteiger partial charge >= 0.3 is 0 Å².